The fourth-order valence-electron chi connectivity index (χ4n) is 2.95. The quantitative estimate of drug-likeness (QED) is 0.211. The van der Waals surface area contributed by atoms with Crippen LogP contribution < -0.4 is 5.43 Å². The van der Waals surface area contributed by atoms with E-state index in [1.54, 1.807) is 6.21 Å². The van der Waals surface area contributed by atoms with Crippen LogP contribution in [0.4, 0.5) is 0 Å². The van der Waals surface area contributed by atoms with Crippen LogP contribution in [0.3, 0.4) is 0 Å². The van der Waals surface area contributed by atoms with E-state index in [0.717, 1.165) is 21.3 Å². The first-order valence-electron chi connectivity index (χ1n) is 9.88. The van der Waals surface area contributed by atoms with Crippen LogP contribution in [0.2, 0.25) is 0 Å². The van der Waals surface area contributed by atoms with Gasteiger partial charge in [0.1, 0.15) is 0 Å². The standard InChI is InChI=1S/C24H20BrN5OS/c1-17-7-9-18(10-8-17)15-26-27-22(31)16-32-24-29-28-23(19-11-13-20(25)14-12-19)30(24)21-5-3-2-4-6-21/h2-15H,16H2,1H3,(H,27,31)/b26-15+. The van der Waals surface area contributed by atoms with E-state index in [-0.39, 0.29) is 11.7 Å². The number of hydrogen-bond acceptors (Lipinski definition) is 5. The van der Waals surface area contributed by atoms with Crippen molar-refractivity contribution < 1.29 is 4.79 Å². The predicted molar refractivity (Wildman–Crippen MR) is 132 cm³/mol. The molecule has 4 aromatic rings. The summed E-state index contributed by atoms with van der Waals surface area (Å²) in [5, 5.41) is 13.4. The molecule has 160 valence electrons. The molecule has 1 heterocycles. The number of carbonyl (C=O) groups is 1. The van der Waals surface area contributed by atoms with Crippen molar-refractivity contribution in [3.05, 3.63) is 94.5 Å². The van der Waals surface area contributed by atoms with Gasteiger partial charge in [-0.15, -0.1) is 10.2 Å². The lowest BCUT2D eigenvalue weighted by Gasteiger charge is -2.10. The number of carbonyl (C=O) groups excluding carboxylic acids is 1. The molecule has 0 aliphatic carbocycles. The highest BCUT2D eigenvalue weighted by Crippen LogP contribution is 2.28. The van der Waals surface area contributed by atoms with Crippen molar-refractivity contribution in [1.29, 1.82) is 0 Å². The summed E-state index contributed by atoms with van der Waals surface area (Å²) in [5.74, 6) is 0.659. The molecule has 0 atom stereocenters. The molecular weight excluding hydrogens is 486 g/mol. The van der Waals surface area contributed by atoms with E-state index < -0.39 is 0 Å². The third-order valence-corrected chi connectivity index (χ3v) is 6.02. The van der Waals surface area contributed by atoms with Gasteiger partial charge in [0.2, 0.25) is 0 Å². The van der Waals surface area contributed by atoms with E-state index in [1.165, 1.54) is 17.3 Å². The third-order valence-electron chi connectivity index (χ3n) is 4.56. The van der Waals surface area contributed by atoms with Crippen molar-refractivity contribution in [2.45, 2.75) is 12.1 Å². The Hall–Kier alpha value is -3.23. The van der Waals surface area contributed by atoms with Gasteiger partial charge in [-0.2, -0.15) is 5.10 Å². The van der Waals surface area contributed by atoms with E-state index in [1.807, 2.05) is 90.4 Å². The molecule has 0 radical (unpaired) electrons. The summed E-state index contributed by atoms with van der Waals surface area (Å²) in [6.07, 6.45) is 1.63. The Morgan fingerprint density at radius 3 is 2.47 bits per heavy atom. The Morgan fingerprint density at radius 1 is 1.03 bits per heavy atom. The van der Waals surface area contributed by atoms with Gasteiger partial charge in [0, 0.05) is 15.7 Å². The Kier molecular flexibility index (Phi) is 7.14. The molecule has 0 fully saturated rings. The van der Waals surface area contributed by atoms with Gasteiger partial charge in [-0.3, -0.25) is 9.36 Å². The number of nitrogens with one attached hydrogen (secondary N) is 1. The van der Waals surface area contributed by atoms with Crippen molar-refractivity contribution in [3.63, 3.8) is 0 Å². The maximum atomic E-state index is 12.3. The molecule has 32 heavy (non-hydrogen) atoms. The highest BCUT2D eigenvalue weighted by atomic mass is 79.9. The number of rotatable bonds is 7. The lowest BCUT2D eigenvalue weighted by molar-refractivity contribution is -0.118. The summed E-state index contributed by atoms with van der Waals surface area (Å²) in [6.45, 7) is 2.02. The molecule has 0 aliphatic heterocycles. The van der Waals surface area contributed by atoms with Crippen LogP contribution in [0.5, 0.6) is 0 Å². The monoisotopic (exact) mass is 505 g/mol. The molecule has 3 aromatic carbocycles. The topological polar surface area (TPSA) is 72.2 Å². The lowest BCUT2D eigenvalue weighted by Crippen LogP contribution is -2.20. The summed E-state index contributed by atoms with van der Waals surface area (Å²) >= 11 is 4.77. The number of amides is 1. The van der Waals surface area contributed by atoms with Crippen LogP contribution in [-0.2, 0) is 4.79 Å². The molecular formula is C24H20BrN5OS. The van der Waals surface area contributed by atoms with E-state index in [9.17, 15) is 4.79 Å². The summed E-state index contributed by atoms with van der Waals surface area (Å²) in [6, 6.07) is 25.6. The highest BCUT2D eigenvalue weighted by Gasteiger charge is 2.17. The van der Waals surface area contributed by atoms with Gasteiger partial charge < -0.3 is 0 Å². The van der Waals surface area contributed by atoms with Crippen LogP contribution in [0.25, 0.3) is 17.1 Å². The molecule has 1 N–H and O–H groups in total. The first-order valence-corrected chi connectivity index (χ1v) is 11.7. The SMILES string of the molecule is Cc1ccc(/C=N/NC(=O)CSc2nnc(-c3ccc(Br)cc3)n2-c2ccccc2)cc1. The minimum atomic E-state index is -0.217. The van der Waals surface area contributed by atoms with Gasteiger partial charge in [-0.1, -0.05) is 87.9 Å². The van der Waals surface area contributed by atoms with Gasteiger partial charge in [-0.05, 0) is 36.8 Å². The van der Waals surface area contributed by atoms with Crippen LogP contribution in [0.1, 0.15) is 11.1 Å². The van der Waals surface area contributed by atoms with E-state index in [4.69, 9.17) is 0 Å². The average molecular weight is 506 g/mol. The van der Waals surface area contributed by atoms with Crippen molar-refractivity contribution >= 4 is 39.8 Å². The first-order chi connectivity index (χ1) is 15.6. The summed E-state index contributed by atoms with van der Waals surface area (Å²) in [4.78, 5) is 12.3. The number of nitrogens with zero attached hydrogens (tertiary/aromatic N) is 4. The van der Waals surface area contributed by atoms with E-state index in [0.29, 0.717) is 11.0 Å². The second-order valence-corrected chi connectivity index (χ2v) is 8.83. The van der Waals surface area contributed by atoms with Gasteiger partial charge >= 0.3 is 0 Å². The molecule has 0 bridgehead atoms. The van der Waals surface area contributed by atoms with Crippen LogP contribution in [0.15, 0.2) is 93.6 Å². The Balaban J connectivity index is 1.49. The van der Waals surface area contributed by atoms with Crippen LogP contribution in [-0.4, -0.2) is 32.6 Å². The van der Waals surface area contributed by atoms with Crippen molar-refractivity contribution in [3.8, 4) is 17.1 Å². The summed E-state index contributed by atoms with van der Waals surface area (Å²) in [5.41, 5.74) is 6.52. The van der Waals surface area contributed by atoms with Gasteiger partial charge in [-0.25, -0.2) is 5.43 Å². The van der Waals surface area contributed by atoms with Crippen molar-refractivity contribution in [2.75, 3.05) is 5.75 Å². The molecule has 6 nitrogen and oxygen atoms in total. The van der Waals surface area contributed by atoms with Crippen molar-refractivity contribution in [1.82, 2.24) is 20.2 Å². The summed E-state index contributed by atoms with van der Waals surface area (Å²) < 4.78 is 2.95. The average Bonchev–Trinajstić information content (AvgIpc) is 3.24. The number of thioether (sulfide) groups is 1. The Labute approximate surface area is 198 Å². The van der Waals surface area contributed by atoms with E-state index >= 15 is 0 Å². The molecule has 0 saturated heterocycles. The minimum absolute atomic E-state index is 0.163. The van der Waals surface area contributed by atoms with Gasteiger partial charge in [0.25, 0.3) is 5.91 Å². The molecule has 1 aromatic heterocycles. The van der Waals surface area contributed by atoms with Crippen molar-refractivity contribution in [2.24, 2.45) is 5.10 Å². The van der Waals surface area contributed by atoms with E-state index in [2.05, 4.69) is 36.7 Å². The van der Waals surface area contributed by atoms with Crippen LogP contribution in [0, 0.1) is 6.92 Å². The molecule has 4 rings (SSSR count). The normalized spacial score (nSPS) is 11.1. The molecule has 1 amide bonds. The Morgan fingerprint density at radius 2 is 1.75 bits per heavy atom. The van der Waals surface area contributed by atoms with Gasteiger partial charge in [0.05, 0.1) is 12.0 Å². The predicted octanol–water partition coefficient (Wildman–Crippen LogP) is 5.25. The number of hydrogen-bond donors (Lipinski definition) is 1. The number of benzene rings is 3. The maximum Gasteiger partial charge on any atom is 0.250 e. The molecule has 8 heteroatoms. The second-order valence-electron chi connectivity index (χ2n) is 6.98. The lowest BCUT2D eigenvalue weighted by atomic mass is 10.2. The smallest absolute Gasteiger partial charge is 0.250 e. The zero-order chi connectivity index (χ0) is 22.3. The minimum Gasteiger partial charge on any atom is -0.272 e. The fourth-order valence-corrected chi connectivity index (χ4v) is 3.96. The second kappa shape index (κ2) is 10.4. The maximum absolute atomic E-state index is 12.3. The fraction of sp³-hybridized carbons (Fsp3) is 0.0833. The molecule has 0 saturated carbocycles. The molecule has 0 unspecified atom stereocenters. The molecule has 0 spiro atoms. The number of halogens is 1. The zero-order valence-electron chi connectivity index (χ0n) is 17.3. The molecule has 0 aliphatic rings. The number of aromatic nitrogens is 3. The third kappa shape index (κ3) is 5.52. The van der Waals surface area contributed by atoms with Crippen LogP contribution >= 0.6 is 27.7 Å². The zero-order valence-corrected chi connectivity index (χ0v) is 19.7. The Bertz CT molecular complexity index is 1220. The van der Waals surface area contributed by atoms with Gasteiger partial charge in [0.15, 0.2) is 11.0 Å². The summed E-state index contributed by atoms with van der Waals surface area (Å²) in [7, 11) is 0. The number of aryl methyl sites for hydroxylation is 1. The number of hydrazone groups is 1. The largest absolute Gasteiger partial charge is 0.272 e. The highest BCUT2D eigenvalue weighted by molar-refractivity contribution is 9.10. The number of para-hydroxylation sites is 1. The first kappa shape index (κ1) is 22.0.